The summed E-state index contributed by atoms with van der Waals surface area (Å²) >= 11 is 0. The van der Waals surface area contributed by atoms with Crippen molar-refractivity contribution in [2.75, 3.05) is 7.11 Å². The van der Waals surface area contributed by atoms with E-state index in [-0.39, 0.29) is 4.90 Å². The van der Waals surface area contributed by atoms with Gasteiger partial charge in [-0.05, 0) is 43.7 Å². The maximum atomic E-state index is 13.7. The van der Waals surface area contributed by atoms with Gasteiger partial charge in [-0.2, -0.15) is 0 Å². The molecule has 0 bridgehead atoms. The van der Waals surface area contributed by atoms with Gasteiger partial charge in [0.2, 0.25) is 0 Å². The van der Waals surface area contributed by atoms with E-state index in [0.717, 1.165) is 54.4 Å². The lowest BCUT2D eigenvalue weighted by atomic mass is 10.1. The molecule has 2 aromatic heterocycles. The van der Waals surface area contributed by atoms with Crippen LogP contribution in [-0.2, 0) is 16.4 Å². The first-order chi connectivity index (χ1) is 14.5. The highest BCUT2D eigenvalue weighted by Crippen LogP contribution is 2.38. The summed E-state index contributed by atoms with van der Waals surface area (Å²) in [6.45, 7) is 4.09. The van der Waals surface area contributed by atoms with Gasteiger partial charge in [0.05, 0.1) is 22.9 Å². The van der Waals surface area contributed by atoms with Crippen molar-refractivity contribution in [1.82, 2.24) is 3.97 Å². The Morgan fingerprint density at radius 1 is 1.00 bits per heavy atom. The Hall–Kier alpha value is -2.73. The first-order valence-corrected chi connectivity index (χ1v) is 11.8. The zero-order chi connectivity index (χ0) is 21.3. The number of nitrogens with zero attached hydrogens (tertiary/aromatic N) is 1. The molecule has 0 amide bonds. The van der Waals surface area contributed by atoms with Crippen LogP contribution in [0.1, 0.15) is 44.1 Å². The lowest BCUT2D eigenvalue weighted by molar-refractivity contribution is 0.414. The first-order valence-electron chi connectivity index (χ1n) is 10.4. The van der Waals surface area contributed by atoms with Crippen molar-refractivity contribution in [2.24, 2.45) is 0 Å². The third kappa shape index (κ3) is 3.39. The standard InChI is InChI=1S/C24H27NO4S/c1-4-5-6-7-12-22-24-23(17(2)29-22)20-10-8-9-11-21(20)25(24)30(26,27)19-15-13-18(28-3)14-16-19/h8-11,13-16H,4-7,12H2,1-3H3. The third-order valence-electron chi connectivity index (χ3n) is 5.58. The molecule has 0 unspecified atom stereocenters. The molecule has 6 heteroatoms. The average molecular weight is 426 g/mol. The zero-order valence-electron chi connectivity index (χ0n) is 17.6. The minimum absolute atomic E-state index is 0.224. The lowest BCUT2D eigenvalue weighted by Gasteiger charge is -2.10. The maximum Gasteiger partial charge on any atom is 0.268 e. The molecule has 0 fully saturated rings. The van der Waals surface area contributed by atoms with Crippen molar-refractivity contribution < 1.29 is 17.6 Å². The normalized spacial score (nSPS) is 12.1. The number of aryl methyl sites for hydroxylation is 2. The fraction of sp³-hybridized carbons (Fsp3) is 0.333. The second kappa shape index (κ2) is 8.19. The van der Waals surface area contributed by atoms with E-state index < -0.39 is 10.0 Å². The molecule has 0 N–H and O–H groups in total. The van der Waals surface area contributed by atoms with Crippen molar-refractivity contribution in [3.05, 3.63) is 60.1 Å². The Bertz CT molecular complexity index is 1280. The van der Waals surface area contributed by atoms with Crippen LogP contribution in [0.25, 0.3) is 21.8 Å². The van der Waals surface area contributed by atoms with E-state index in [1.165, 1.54) is 3.97 Å². The van der Waals surface area contributed by atoms with Crippen LogP contribution in [0.15, 0.2) is 57.8 Å². The van der Waals surface area contributed by atoms with E-state index in [4.69, 9.17) is 9.15 Å². The molecule has 0 saturated carbocycles. The number of methoxy groups -OCH3 is 1. The van der Waals surface area contributed by atoms with Crippen LogP contribution in [0.2, 0.25) is 0 Å². The van der Waals surface area contributed by atoms with Gasteiger partial charge in [0.25, 0.3) is 10.0 Å². The predicted octanol–water partition coefficient (Wildman–Crippen LogP) is 6.06. The van der Waals surface area contributed by atoms with E-state index in [0.29, 0.717) is 16.8 Å². The molecule has 5 nitrogen and oxygen atoms in total. The molecule has 30 heavy (non-hydrogen) atoms. The molecular formula is C24H27NO4S. The second-order valence-corrected chi connectivity index (χ2v) is 9.36. The number of rotatable bonds is 8. The number of furan rings is 1. The Labute approximate surface area is 177 Å². The molecule has 4 rings (SSSR count). The van der Waals surface area contributed by atoms with E-state index in [2.05, 4.69) is 6.92 Å². The third-order valence-corrected chi connectivity index (χ3v) is 7.31. The Balaban J connectivity index is 1.94. The Morgan fingerprint density at radius 3 is 2.43 bits per heavy atom. The topological polar surface area (TPSA) is 61.4 Å². The largest absolute Gasteiger partial charge is 0.497 e. The molecule has 0 aliphatic rings. The summed E-state index contributed by atoms with van der Waals surface area (Å²) in [5, 5.41) is 1.78. The van der Waals surface area contributed by atoms with Crippen LogP contribution in [0.5, 0.6) is 5.75 Å². The van der Waals surface area contributed by atoms with Crippen LogP contribution in [0, 0.1) is 6.92 Å². The van der Waals surface area contributed by atoms with Crippen molar-refractivity contribution in [2.45, 2.75) is 50.8 Å². The number of ether oxygens (including phenoxy) is 1. The lowest BCUT2D eigenvalue weighted by Crippen LogP contribution is -2.13. The monoisotopic (exact) mass is 425 g/mol. The van der Waals surface area contributed by atoms with Gasteiger partial charge in [0, 0.05) is 11.8 Å². The fourth-order valence-electron chi connectivity index (χ4n) is 4.09. The summed E-state index contributed by atoms with van der Waals surface area (Å²) < 4.78 is 40.2. The van der Waals surface area contributed by atoms with Crippen molar-refractivity contribution >= 4 is 31.8 Å². The Morgan fingerprint density at radius 2 is 1.73 bits per heavy atom. The molecule has 0 saturated heterocycles. The van der Waals surface area contributed by atoms with E-state index in [1.807, 2.05) is 31.2 Å². The molecule has 0 radical (unpaired) electrons. The van der Waals surface area contributed by atoms with Gasteiger partial charge in [-0.3, -0.25) is 0 Å². The molecule has 0 aliphatic carbocycles. The second-order valence-electron chi connectivity index (χ2n) is 7.58. The van der Waals surface area contributed by atoms with Gasteiger partial charge in [0.1, 0.15) is 22.8 Å². The summed E-state index contributed by atoms with van der Waals surface area (Å²) in [5.74, 6) is 2.12. The molecule has 0 spiro atoms. The van der Waals surface area contributed by atoms with E-state index in [9.17, 15) is 8.42 Å². The number of hydrogen-bond acceptors (Lipinski definition) is 4. The van der Waals surface area contributed by atoms with Gasteiger partial charge < -0.3 is 9.15 Å². The van der Waals surface area contributed by atoms with Crippen LogP contribution in [-0.4, -0.2) is 19.5 Å². The first kappa shape index (κ1) is 20.5. The SMILES string of the molecule is CCCCCCc1oc(C)c2c3ccccc3n(S(=O)(=O)c3ccc(OC)cc3)c12. The Kier molecular flexibility index (Phi) is 5.60. The van der Waals surface area contributed by atoms with E-state index >= 15 is 0 Å². The number of unbranched alkanes of at least 4 members (excludes halogenated alkanes) is 3. The van der Waals surface area contributed by atoms with Crippen LogP contribution in [0.4, 0.5) is 0 Å². The smallest absolute Gasteiger partial charge is 0.268 e. The molecule has 0 aliphatic heterocycles. The highest BCUT2D eigenvalue weighted by Gasteiger charge is 2.28. The molecule has 2 aromatic carbocycles. The summed E-state index contributed by atoms with van der Waals surface area (Å²) in [4.78, 5) is 0.224. The van der Waals surface area contributed by atoms with Crippen molar-refractivity contribution in [3.63, 3.8) is 0 Å². The quantitative estimate of drug-likeness (QED) is 0.322. The number of para-hydroxylation sites is 1. The van der Waals surface area contributed by atoms with Crippen LogP contribution < -0.4 is 4.74 Å². The van der Waals surface area contributed by atoms with Crippen molar-refractivity contribution in [3.8, 4) is 5.75 Å². The predicted molar refractivity (Wildman–Crippen MR) is 120 cm³/mol. The highest BCUT2D eigenvalue weighted by atomic mass is 32.2. The summed E-state index contributed by atoms with van der Waals surface area (Å²) in [6.07, 6.45) is 5.11. The summed E-state index contributed by atoms with van der Waals surface area (Å²) in [5.41, 5.74) is 1.34. The van der Waals surface area contributed by atoms with Gasteiger partial charge in [-0.1, -0.05) is 44.4 Å². The zero-order valence-corrected chi connectivity index (χ0v) is 18.5. The molecule has 4 aromatic rings. The van der Waals surface area contributed by atoms with Crippen LogP contribution in [0.3, 0.4) is 0 Å². The highest BCUT2D eigenvalue weighted by molar-refractivity contribution is 7.90. The number of aromatic nitrogens is 1. The fourth-order valence-corrected chi connectivity index (χ4v) is 5.63. The van der Waals surface area contributed by atoms with Crippen LogP contribution >= 0.6 is 0 Å². The number of fused-ring (bicyclic) bond motifs is 3. The van der Waals surface area contributed by atoms with Gasteiger partial charge in [-0.15, -0.1) is 0 Å². The van der Waals surface area contributed by atoms with E-state index in [1.54, 1.807) is 31.4 Å². The molecule has 158 valence electrons. The molecule has 2 heterocycles. The number of benzene rings is 2. The minimum Gasteiger partial charge on any atom is -0.497 e. The summed E-state index contributed by atoms with van der Waals surface area (Å²) in [6, 6.07) is 14.1. The minimum atomic E-state index is -3.82. The van der Waals surface area contributed by atoms with Gasteiger partial charge in [0.15, 0.2) is 0 Å². The maximum absolute atomic E-state index is 13.7. The number of hydrogen-bond donors (Lipinski definition) is 0. The van der Waals surface area contributed by atoms with Gasteiger partial charge >= 0.3 is 0 Å². The summed E-state index contributed by atoms with van der Waals surface area (Å²) in [7, 11) is -2.26. The van der Waals surface area contributed by atoms with Gasteiger partial charge in [-0.25, -0.2) is 12.4 Å². The molecular weight excluding hydrogens is 398 g/mol. The average Bonchev–Trinajstić information content (AvgIpc) is 3.27. The van der Waals surface area contributed by atoms with Crippen molar-refractivity contribution in [1.29, 1.82) is 0 Å². The molecule has 0 atom stereocenters.